The van der Waals surface area contributed by atoms with Gasteiger partial charge in [0.25, 0.3) is 0 Å². The van der Waals surface area contributed by atoms with E-state index in [0.717, 1.165) is 42.9 Å². The van der Waals surface area contributed by atoms with Crippen LogP contribution in [0.4, 0.5) is 5.82 Å². The number of amides is 2. The van der Waals surface area contributed by atoms with Crippen molar-refractivity contribution in [2.45, 2.75) is 38.3 Å². The van der Waals surface area contributed by atoms with E-state index in [2.05, 4.69) is 14.9 Å². The number of hydrogen-bond acceptors (Lipinski definition) is 6. The van der Waals surface area contributed by atoms with Gasteiger partial charge in [-0.15, -0.1) is 0 Å². The third-order valence-corrected chi connectivity index (χ3v) is 4.99. The van der Waals surface area contributed by atoms with Crippen LogP contribution in [0.2, 0.25) is 0 Å². The molecule has 1 fully saturated rings. The van der Waals surface area contributed by atoms with Gasteiger partial charge in [0.2, 0.25) is 11.8 Å². The molecule has 2 aliphatic heterocycles. The fourth-order valence-corrected chi connectivity index (χ4v) is 3.71. The van der Waals surface area contributed by atoms with E-state index in [1.165, 1.54) is 0 Å². The van der Waals surface area contributed by atoms with E-state index in [1.807, 2.05) is 19.0 Å². The summed E-state index contributed by atoms with van der Waals surface area (Å²) in [5.41, 5.74) is 7.61. The average molecular weight is 346 g/mol. The Kier molecular flexibility index (Phi) is 5.17. The number of nitrogens with two attached hydrogens (primary N) is 1. The second-order valence-corrected chi connectivity index (χ2v) is 6.98. The molecule has 2 N–H and O–H groups in total. The van der Waals surface area contributed by atoms with Crippen LogP contribution in [0, 0.1) is 0 Å². The van der Waals surface area contributed by atoms with Crippen LogP contribution in [0.1, 0.15) is 30.5 Å². The molecule has 2 aliphatic rings. The molecule has 136 valence electrons. The lowest BCUT2D eigenvalue weighted by atomic mass is 10.0. The molecule has 1 aromatic rings. The molecule has 8 nitrogen and oxygen atoms in total. The fraction of sp³-hybridized carbons (Fsp3) is 0.647. The number of primary amides is 1. The minimum Gasteiger partial charge on any atom is -0.368 e. The van der Waals surface area contributed by atoms with Crippen molar-refractivity contribution in [3.8, 4) is 0 Å². The maximum atomic E-state index is 12.7. The molecule has 0 saturated carbocycles. The summed E-state index contributed by atoms with van der Waals surface area (Å²) in [6.45, 7) is 2.33. The fourth-order valence-electron chi connectivity index (χ4n) is 3.71. The van der Waals surface area contributed by atoms with E-state index < -0.39 is 11.9 Å². The zero-order valence-electron chi connectivity index (χ0n) is 14.9. The van der Waals surface area contributed by atoms with Gasteiger partial charge >= 0.3 is 0 Å². The zero-order chi connectivity index (χ0) is 18.0. The first-order chi connectivity index (χ1) is 12.0. The molecule has 0 radical (unpaired) electrons. The Morgan fingerprint density at radius 1 is 1.28 bits per heavy atom. The number of likely N-dealkylation sites (tertiary alicyclic amines) is 1. The molecule has 1 atom stereocenters. The molecule has 1 saturated heterocycles. The zero-order valence-corrected chi connectivity index (χ0v) is 14.9. The van der Waals surface area contributed by atoms with Crippen LogP contribution >= 0.6 is 0 Å². The first kappa shape index (κ1) is 17.6. The first-order valence-corrected chi connectivity index (χ1v) is 8.78. The molecule has 0 bridgehead atoms. The van der Waals surface area contributed by atoms with Gasteiger partial charge in [0.05, 0.1) is 12.2 Å². The largest absolute Gasteiger partial charge is 0.368 e. The number of nitrogens with zero attached hydrogens (tertiary/aromatic N) is 5. The Labute approximate surface area is 148 Å². The van der Waals surface area contributed by atoms with Crippen LogP contribution in [0.15, 0.2) is 6.33 Å². The summed E-state index contributed by atoms with van der Waals surface area (Å²) in [6.07, 6.45) is 4.93. The van der Waals surface area contributed by atoms with E-state index in [9.17, 15) is 9.59 Å². The van der Waals surface area contributed by atoms with Gasteiger partial charge in [-0.1, -0.05) is 0 Å². The predicted molar refractivity (Wildman–Crippen MR) is 93.9 cm³/mol. The molecular formula is C17H26N6O2. The predicted octanol–water partition coefficient (Wildman–Crippen LogP) is -0.233. The third kappa shape index (κ3) is 3.73. The number of carbonyl (C=O) groups excluding carboxylic acids is 2. The summed E-state index contributed by atoms with van der Waals surface area (Å²) < 4.78 is 0. The molecule has 25 heavy (non-hydrogen) atoms. The molecule has 0 aromatic carbocycles. The number of piperidine rings is 1. The minimum absolute atomic E-state index is 0.0183. The van der Waals surface area contributed by atoms with Gasteiger partial charge in [0, 0.05) is 45.7 Å². The lowest BCUT2D eigenvalue weighted by Crippen LogP contribution is -2.53. The lowest BCUT2D eigenvalue weighted by molar-refractivity contribution is -0.142. The maximum Gasteiger partial charge on any atom is 0.240 e. The first-order valence-electron chi connectivity index (χ1n) is 8.78. The number of hydrogen-bond donors (Lipinski definition) is 1. The van der Waals surface area contributed by atoms with Gasteiger partial charge in [-0.2, -0.15) is 0 Å². The van der Waals surface area contributed by atoms with Gasteiger partial charge in [0.1, 0.15) is 18.2 Å². The van der Waals surface area contributed by atoms with Gasteiger partial charge in [-0.05, 0) is 19.3 Å². The number of anilines is 1. The second-order valence-electron chi connectivity index (χ2n) is 6.98. The Morgan fingerprint density at radius 3 is 2.80 bits per heavy atom. The van der Waals surface area contributed by atoms with Crippen molar-refractivity contribution in [2.24, 2.45) is 5.73 Å². The van der Waals surface area contributed by atoms with Crippen molar-refractivity contribution in [1.82, 2.24) is 19.8 Å². The summed E-state index contributed by atoms with van der Waals surface area (Å²) >= 11 is 0. The number of fused-ring (bicyclic) bond motifs is 1. The average Bonchev–Trinajstić information content (AvgIpc) is 2.60. The van der Waals surface area contributed by atoms with Gasteiger partial charge < -0.3 is 15.5 Å². The summed E-state index contributed by atoms with van der Waals surface area (Å²) in [4.78, 5) is 38.9. The molecule has 2 amide bonds. The van der Waals surface area contributed by atoms with E-state index in [0.29, 0.717) is 26.1 Å². The summed E-state index contributed by atoms with van der Waals surface area (Å²) in [5.74, 6) is 0.477. The topological polar surface area (TPSA) is 95.7 Å². The standard InChI is InChI=1S/C17H26N6O2/c1-21(2)17-12-9-22(8-6-13(12)19-11-20-17)10-15(24)23-7-4-3-5-14(23)16(18)25/h11,14H,3-10H2,1-2H3,(H2,18,25)/t14-/m0/s1. The smallest absolute Gasteiger partial charge is 0.240 e. The normalized spacial score (nSPS) is 20.9. The quantitative estimate of drug-likeness (QED) is 0.809. The molecule has 3 heterocycles. The highest BCUT2D eigenvalue weighted by atomic mass is 16.2. The van der Waals surface area contributed by atoms with Gasteiger partial charge in [0.15, 0.2) is 0 Å². The van der Waals surface area contributed by atoms with E-state index >= 15 is 0 Å². The van der Waals surface area contributed by atoms with Crippen molar-refractivity contribution in [2.75, 3.05) is 38.6 Å². The molecular weight excluding hydrogens is 320 g/mol. The Balaban J connectivity index is 1.70. The molecule has 0 aliphatic carbocycles. The third-order valence-electron chi connectivity index (χ3n) is 4.99. The van der Waals surface area contributed by atoms with Crippen LogP contribution in [0.3, 0.4) is 0 Å². The Bertz CT molecular complexity index is 663. The van der Waals surface area contributed by atoms with Crippen LogP contribution in [0.25, 0.3) is 0 Å². The maximum absolute atomic E-state index is 12.7. The molecule has 0 unspecified atom stereocenters. The summed E-state index contributed by atoms with van der Waals surface area (Å²) in [5, 5.41) is 0. The molecule has 1 aromatic heterocycles. The second kappa shape index (κ2) is 7.35. The van der Waals surface area contributed by atoms with Crippen molar-refractivity contribution < 1.29 is 9.59 Å². The SMILES string of the molecule is CN(C)c1ncnc2c1CN(CC(=O)N1CCCC[C@H]1C(N)=O)CC2. The summed E-state index contributed by atoms with van der Waals surface area (Å²) in [7, 11) is 3.91. The van der Waals surface area contributed by atoms with Crippen molar-refractivity contribution >= 4 is 17.6 Å². The highest BCUT2D eigenvalue weighted by Crippen LogP contribution is 2.25. The molecule has 3 rings (SSSR count). The number of carbonyl (C=O) groups is 2. The van der Waals surface area contributed by atoms with Gasteiger partial charge in [-0.25, -0.2) is 9.97 Å². The highest BCUT2D eigenvalue weighted by molar-refractivity contribution is 5.87. The van der Waals surface area contributed by atoms with E-state index in [1.54, 1.807) is 11.2 Å². The Hall–Kier alpha value is -2.22. The van der Waals surface area contributed by atoms with Crippen LogP contribution in [0.5, 0.6) is 0 Å². The monoisotopic (exact) mass is 346 g/mol. The number of rotatable bonds is 4. The van der Waals surface area contributed by atoms with Crippen molar-refractivity contribution in [3.05, 3.63) is 17.6 Å². The van der Waals surface area contributed by atoms with E-state index in [4.69, 9.17) is 5.73 Å². The van der Waals surface area contributed by atoms with Crippen molar-refractivity contribution in [1.29, 1.82) is 0 Å². The molecule has 8 heteroatoms. The van der Waals surface area contributed by atoms with Crippen molar-refractivity contribution in [3.63, 3.8) is 0 Å². The Morgan fingerprint density at radius 2 is 2.08 bits per heavy atom. The van der Waals surface area contributed by atoms with Crippen LogP contribution < -0.4 is 10.6 Å². The van der Waals surface area contributed by atoms with E-state index in [-0.39, 0.29) is 5.91 Å². The van der Waals surface area contributed by atoms with Crippen LogP contribution in [-0.4, -0.2) is 71.4 Å². The minimum atomic E-state index is -0.459. The summed E-state index contributed by atoms with van der Waals surface area (Å²) in [6, 6.07) is -0.459. The highest BCUT2D eigenvalue weighted by Gasteiger charge is 2.32. The molecule has 0 spiro atoms. The lowest BCUT2D eigenvalue weighted by Gasteiger charge is -2.36. The van der Waals surface area contributed by atoms with Gasteiger partial charge in [-0.3, -0.25) is 14.5 Å². The van der Waals surface area contributed by atoms with Crippen LogP contribution in [-0.2, 0) is 22.6 Å². The number of aromatic nitrogens is 2.